The summed E-state index contributed by atoms with van der Waals surface area (Å²) in [5, 5.41) is 11.5. The standard InChI is InChI=1S/C20H18N2O2/c1-14(2)19(23)18(12-15-6-4-3-5-7-15)20(24)22-17-10-8-16(13-21)9-11-17/h3-12,14H,1-2H3,(H,22,24). The summed E-state index contributed by atoms with van der Waals surface area (Å²) in [5.74, 6) is -0.959. The van der Waals surface area contributed by atoms with Gasteiger partial charge in [-0.25, -0.2) is 0 Å². The number of amides is 1. The van der Waals surface area contributed by atoms with Crippen molar-refractivity contribution in [3.63, 3.8) is 0 Å². The number of carbonyl (C=O) groups is 2. The van der Waals surface area contributed by atoms with Crippen LogP contribution in [0.2, 0.25) is 0 Å². The number of nitrogens with one attached hydrogen (secondary N) is 1. The van der Waals surface area contributed by atoms with Crippen molar-refractivity contribution in [1.29, 1.82) is 5.26 Å². The Kier molecular flexibility index (Phi) is 5.64. The van der Waals surface area contributed by atoms with E-state index in [1.165, 1.54) is 0 Å². The van der Waals surface area contributed by atoms with E-state index < -0.39 is 5.91 Å². The minimum absolute atomic E-state index is 0.112. The quantitative estimate of drug-likeness (QED) is 0.518. The van der Waals surface area contributed by atoms with Crippen LogP contribution in [0, 0.1) is 17.2 Å². The zero-order chi connectivity index (χ0) is 17.5. The number of nitrogens with zero attached hydrogens (tertiary/aromatic N) is 1. The molecule has 0 aliphatic rings. The normalized spacial score (nSPS) is 11.0. The molecule has 24 heavy (non-hydrogen) atoms. The van der Waals surface area contributed by atoms with E-state index in [9.17, 15) is 9.59 Å². The molecule has 0 unspecified atom stereocenters. The number of anilines is 1. The fraction of sp³-hybridized carbons (Fsp3) is 0.150. The third kappa shape index (κ3) is 4.40. The first-order valence-corrected chi connectivity index (χ1v) is 7.63. The summed E-state index contributed by atoms with van der Waals surface area (Å²) in [7, 11) is 0. The molecule has 120 valence electrons. The molecule has 0 fully saturated rings. The Morgan fingerprint density at radius 3 is 2.21 bits per heavy atom. The zero-order valence-corrected chi connectivity index (χ0v) is 13.6. The smallest absolute Gasteiger partial charge is 0.259 e. The SMILES string of the molecule is CC(C)C(=O)C(=Cc1ccccc1)C(=O)Nc1ccc(C#N)cc1. The van der Waals surface area contributed by atoms with Gasteiger partial charge in [0.15, 0.2) is 5.78 Å². The Bertz CT molecular complexity index is 798. The highest BCUT2D eigenvalue weighted by atomic mass is 16.2. The van der Waals surface area contributed by atoms with E-state index >= 15 is 0 Å². The number of rotatable bonds is 5. The first-order chi connectivity index (χ1) is 11.5. The highest BCUT2D eigenvalue weighted by Gasteiger charge is 2.21. The van der Waals surface area contributed by atoms with Gasteiger partial charge in [0.05, 0.1) is 17.2 Å². The van der Waals surface area contributed by atoms with Gasteiger partial charge in [-0.2, -0.15) is 5.26 Å². The molecular formula is C20H18N2O2. The van der Waals surface area contributed by atoms with Gasteiger partial charge in [0.25, 0.3) is 5.91 Å². The molecule has 0 aromatic heterocycles. The van der Waals surface area contributed by atoms with Gasteiger partial charge in [0.2, 0.25) is 0 Å². The number of benzene rings is 2. The van der Waals surface area contributed by atoms with E-state index in [0.717, 1.165) is 5.56 Å². The minimum Gasteiger partial charge on any atom is -0.322 e. The molecule has 0 radical (unpaired) electrons. The third-order valence-electron chi connectivity index (χ3n) is 3.42. The number of carbonyl (C=O) groups excluding carboxylic acids is 2. The fourth-order valence-electron chi connectivity index (χ4n) is 2.10. The lowest BCUT2D eigenvalue weighted by atomic mass is 9.98. The van der Waals surface area contributed by atoms with E-state index in [-0.39, 0.29) is 17.3 Å². The lowest BCUT2D eigenvalue weighted by Crippen LogP contribution is -2.23. The Labute approximate surface area is 141 Å². The molecule has 2 aromatic rings. The number of Topliss-reactive ketones (excluding diaryl/α,β-unsaturated/α-hetero) is 1. The largest absolute Gasteiger partial charge is 0.322 e. The van der Waals surface area contributed by atoms with Crippen LogP contribution in [0.3, 0.4) is 0 Å². The zero-order valence-electron chi connectivity index (χ0n) is 13.6. The van der Waals surface area contributed by atoms with E-state index in [2.05, 4.69) is 5.32 Å². The summed E-state index contributed by atoms with van der Waals surface area (Å²) in [4.78, 5) is 25.0. The third-order valence-corrected chi connectivity index (χ3v) is 3.42. The van der Waals surface area contributed by atoms with Gasteiger partial charge in [-0.3, -0.25) is 9.59 Å². The van der Waals surface area contributed by atoms with Crippen molar-refractivity contribution in [3.8, 4) is 6.07 Å². The van der Waals surface area contributed by atoms with Crippen LogP contribution in [-0.4, -0.2) is 11.7 Å². The highest BCUT2D eigenvalue weighted by molar-refractivity contribution is 6.26. The van der Waals surface area contributed by atoms with Crippen LogP contribution in [0.5, 0.6) is 0 Å². The van der Waals surface area contributed by atoms with Gasteiger partial charge in [0.1, 0.15) is 0 Å². The summed E-state index contributed by atoms with van der Waals surface area (Å²) >= 11 is 0. The second kappa shape index (κ2) is 7.89. The Morgan fingerprint density at radius 2 is 1.67 bits per heavy atom. The predicted octanol–water partition coefficient (Wildman–Crippen LogP) is 3.81. The van der Waals surface area contributed by atoms with Gasteiger partial charge in [-0.15, -0.1) is 0 Å². The van der Waals surface area contributed by atoms with Gasteiger partial charge < -0.3 is 5.32 Å². The Balaban J connectivity index is 2.29. The Hall–Kier alpha value is -3.19. The molecule has 0 heterocycles. The van der Waals surface area contributed by atoms with Crippen molar-refractivity contribution >= 4 is 23.5 Å². The van der Waals surface area contributed by atoms with Gasteiger partial charge in [-0.05, 0) is 35.9 Å². The minimum atomic E-state index is -0.456. The topological polar surface area (TPSA) is 70.0 Å². The average molecular weight is 318 g/mol. The number of hydrogen-bond donors (Lipinski definition) is 1. The summed E-state index contributed by atoms with van der Waals surface area (Å²) in [6.07, 6.45) is 1.60. The van der Waals surface area contributed by atoms with Crippen molar-refractivity contribution in [2.24, 2.45) is 5.92 Å². The van der Waals surface area contributed by atoms with Crippen molar-refractivity contribution in [2.45, 2.75) is 13.8 Å². The van der Waals surface area contributed by atoms with Crippen molar-refractivity contribution < 1.29 is 9.59 Å². The molecule has 0 bridgehead atoms. The van der Waals surface area contributed by atoms with Gasteiger partial charge in [0, 0.05) is 11.6 Å². The van der Waals surface area contributed by atoms with E-state index in [1.54, 1.807) is 44.2 Å². The highest BCUT2D eigenvalue weighted by Crippen LogP contribution is 2.16. The maximum absolute atomic E-state index is 12.6. The first-order valence-electron chi connectivity index (χ1n) is 7.63. The van der Waals surface area contributed by atoms with Crippen LogP contribution in [0.4, 0.5) is 5.69 Å². The summed E-state index contributed by atoms with van der Waals surface area (Å²) in [6.45, 7) is 3.52. The molecule has 0 atom stereocenters. The number of ketones is 1. The molecule has 2 aromatic carbocycles. The number of nitriles is 1. The molecule has 0 saturated carbocycles. The Morgan fingerprint density at radius 1 is 1.04 bits per heavy atom. The summed E-state index contributed by atoms with van der Waals surface area (Å²) < 4.78 is 0. The van der Waals surface area contributed by atoms with Gasteiger partial charge in [-0.1, -0.05) is 44.2 Å². The van der Waals surface area contributed by atoms with Crippen molar-refractivity contribution in [1.82, 2.24) is 0 Å². The predicted molar refractivity (Wildman–Crippen MR) is 94.1 cm³/mol. The second-order valence-corrected chi connectivity index (χ2v) is 5.63. The number of hydrogen-bond acceptors (Lipinski definition) is 3. The monoisotopic (exact) mass is 318 g/mol. The van der Waals surface area contributed by atoms with E-state index in [1.807, 2.05) is 36.4 Å². The lowest BCUT2D eigenvalue weighted by Gasteiger charge is -2.11. The maximum atomic E-state index is 12.6. The second-order valence-electron chi connectivity index (χ2n) is 5.63. The van der Waals surface area contributed by atoms with Crippen molar-refractivity contribution in [3.05, 3.63) is 71.3 Å². The molecule has 4 heteroatoms. The maximum Gasteiger partial charge on any atom is 0.259 e. The van der Waals surface area contributed by atoms with Crippen LogP contribution in [-0.2, 0) is 9.59 Å². The lowest BCUT2D eigenvalue weighted by molar-refractivity contribution is -0.121. The molecule has 2 rings (SSSR count). The average Bonchev–Trinajstić information content (AvgIpc) is 2.60. The van der Waals surface area contributed by atoms with Crippen LogP contribution < -0.4 is 5.32 Å². The molecule has 1 N–H and O–H groups in total. The molecule has 1 amide bonds. The molecule has 4 nitrogen and oxygen atoms in total. The van der Waals surface area contributed by atoms with Crippen molar-refractivity contribution in [2.75, 3.05) is 5.32 Å². The first kappa shape index (κ1) is 17.2. The van der Waals surface area contributed by atoms with Crippen LogP contribution in [0.15, 0.2) is 60.2 Å². The van der Waals surface area contributed by atoms with Gasteiger partial charge >= 0.3 is 0 Å². The fourth-order valence-corrected chi connectivity index (χ4v) is 2.10. The molecule has 0 aliphatic carbocycles. The van der Waals surface area contributed by atoms with E-state index in [4.69, 9.17) is 5.26 Å². The van der Waals surface area contributed by atoms with E-state index in [0.29, 0.717) is 11.3 Å². The molecule has 0 aliphatic heterocycles. The summed E-state index contributed by atoms with van der Waals surface area (Å²) in [5.41, 5.74) is 1.94. The summed E-state index contributed by atoms with van der Waals surface area (Å²) in [6, 6.07) is 17.8. The molecule has 0 saturated heterocycles. The molecule has 0 spiro atoms. The van der Waals surface area contributed by atoms with Crippen LogP contribution in [0.25, 0.3) is 6.08 Å². The molecular weight excluding hydrogens is 300 g/mol. The van der Waals surface area contributed by atoms with Crippen LogP contribution >= 0.6 is 0 Å². The van der Waals surface area contributed by atoms with Crippen LogP contribution in [0.1, 0.15) is 25.0 Å².